The molecule has 1 N–H and O–H groups in total. The lowest BCUT2D eigenvalue weighted by Crippen LogP contribution is -2.52. The van der Waals surface area contributed by atoms with Crippen LogP contribution < -0.4 is 0 Å². The number of rotatable bonds is 4. The van der Waals surface area contributed by atoms with Gasteiger partial charge in [0.05, 0.1) is 29.0 Å². The Morgan fingerprint density at radius 2 is 2.38 bits per heavy atom. The van der Waals surface area contributed by atoms with Gasteiger partial charge in [0.15, 0.2) is 0 Å². The predicted molar refractivity (Wildman–Crippen MR) is 79.8 cm³/mol. The molecule has 1 saturated heterocycles. The van der Waals surface area contributed by atoms with E-state index in [0.29, 0.717) is 13.0 Å². The number of hydrogen-bond donors (Lipinski definition) is 1. The molecule has 2 aromatic heterocycles. The van der Waals surface area contributed by atoms with Crippen LogP contribution in [0, 0.1) is 0 Å². The van der Waals surface area contributed by atoms with E-state index in [-0.39, 0.29) is 18.1 Å². The van der Waals surface area contributed by atoms with Gasteiger partial charge in [-0.2, -0.15) is 4.31 Å². The summed E-state index contributed by atoms with van der Waals surface area (Å²) in [4.78, 5) is 4.31. The topological polar surface area (TPSA) is 79.7 Å². The van der Waals surface area contributed by atoms with Crippen molar-refractivity contribution in [1.29, 1.82) is 0 Å². The van der Waals surface area contributed by atoms with E-state index >= 15 is 0 Å². The summed E-state index contributed by atoms with van der Waals surface area (Å²) in [5.74, 6) is 0. The van der Waals surface area contributed by atoms with Crippen molar-refractivity contribution in [1.82, 2.24) is 9.29 Å². The first-order valence-corrected chi connectivity index (χ1v) is 8.82. The Bertz CT molecular complexity index is 750. The largest absolute Gasteiger partial charge is 0.394 e. The van der Waals surface area contributed by atoms with Crippen molar-refractivity contribution >= 4 is 31.6 Å². The molecule has 21 heavy (non-hydrogen) atoms. The SMILES string of the molecule is CN([C@@]1(CO)CCOC1)S(=O)(=O)c1cnc2ccsc2c1. The van der Waals surface area contributed by atoms with Crippen LogP contribution in [-0.2, 0) is 14.8 Å². The maximum Gasteiger partial charge on any atom is 0.245 e. The van der Waals surface area contributed by atoms with Crippen LogP contribution in [0.5, 0.6) is 0 Å². The first-order chi connectivity index (χ1) is 9.99. The second kappa shape index (κ2) is 5.29. The summed E-state index contributed by atoms with van der Waals surface area (Å²) in [7, 11) is -2.24. The van der Waals surface area contributed by atoms with Gasteiger partial charge in [-0.25, -0.2) is 8.42 Å². The summed E-state index contributed by atoms with van der Waals surface area (Å²) in [6.45, 7) is 0.383. The Kier molecular flexibility index (Phi) is 3.74. The van der Waals surface area contributed by atoms with Crippen molar-refractivity contribution in [3.63, 3.8) is 0 Å². The molecule has 0 bridgehead atoms. The van der Waals surface area contributed by atoms with Gasteiger partial charge in [0, 0.05) is 19.9 Å². The van der Waals surface area contributed by atoms with E-state index in [1.807, 2.05) is 11.4 Å². The third-order valence-corrected chi connectivity index (χ3v) is 6.76. The minimum atomic E-state index is -3.72. The molecule has 1 aliphatic rings. The van der Waals surface area contributed by atoms with Crippen LogP contribution in [0.4, 0.5) is 0 Å². The van der Waals surface area contributed by atoms with Gasteiger partial charge < -0.3 is 9.84 Å². The molecule has 0 amide bonds. The number of fused-ring (bicyclic) bond motifs is 1. The third-order valence-electron chi connectivity index (χ3n) is 3.98. The lowest BCUT2D eigenvalue weighted by molar-refractivity contribution is 0.0823. The minimum Gasteiger partial charge on any atom is -0.394 e. The Balaban J connectivity index is 2.02. The van der Waals surface area contributed by atoms with E-state index in [0.717, 1.165) is 10.2 Å². The monoisotopic (exact) mass is 328 g/mol. The summed E-state index contributed by atoms with van der Waals surface area (Å²) in [6.07, 6.45) is 1.84. The van der Waals surface area contributed by atoms with Crippen molar-refractivity contribution in [3.05, 3.63) is 23.7 Å². The summed E-state index contributed by atoms with van der Waals surface area (Å²) in [5.41, 5.74) is -0.105. The first-order valence-electron chi connectivity index (χ1n) is 6.50. The maximum atomic E-state index is 12.8. The van der Waals surface area contributed by atoms with Crippen molar-refractivity contribution in [2.45, 2.75) is 16.9 Å². The average Bonchev–Trinajstić information content (AvgIpc) is 3.15. The van der Waals surface area contributed by atoms with Gasteiger partial charge in [0.25, 0.3) is 0 Å². The van der Waals surface area contributed by atoms with Crippen molar-refractivity contribution in [2.75, 3.05) is 26.9 Å². The molecule has 3 heterocycles. The predicted octanol–water partition coefficient (Wildman–Crippen LogP) is 1.07. The number of thiophene rings is 1. The Morgan fingerprint density at radius 3 is 3.05 bits per heavy atom. The van der Waals surface area contributed by atoms with Crippen molar-refractivity contribution in [3.8, 4) is 0 Å². The van der Waals surface area contributed by atoms with E-state index < -0.39 is 15.6 Å². The summed E-state index contributed by atoms with van der Waals surface area (Å²) >= 11 is 1.45. The minimum absolute atomic E-state index is 0.139. The number of hydrogen-bond acceptors (Lipinski definition) is 6. The number of ether oxygens (including phenoxy) is 1. The highest BCUT2D eigenvalue weighted by molar-refractivity contribution is 7.89. The van der Waals surface area contributed by atoms with Crippen LogP contribution in [0.2, 0.25) is 0 Å². The fraction of sp³-hybridized carbons (Fsp3) is 0.462. The van der Waals surface area contributed by atoms with Crippen LogP contribution in [0.25, 0.3) is 10.2 Å². The first kappa shape index (κ1) is 14.9. The summed E-state index contributed by atoms with van der Waals surface area (Å²) in [6, 6.07) is 3.47. The molecule has 0 spiro atoms. The smallest absolute Gasteiger partial charge is 0.245 e. The summed E-state index contributed by atoms with van der Waals surface area (Å²) in [5, 5.41) is 11.5. The highest BCUT2D eigenvalue weighted by Gasteiger charge is 2.44. The van der Waals surface area contributed by atoms with Crippen molar-refractivity contribution in [2.24, 2.45) is 0 Å². The van der Waals surface area contributed by atoms with Crippen LogP contribution in [-0.4, -0.2) is 55.2 Å². The molecule has 114 valence electrons. The second-order valence-corrected chi connectivity index (χ2v) is 8.05. The normalized spacial score (nSPS) is 23.2. The molecule has 0 saturated carbocycles. The molecular weight excluding hydrogens is 312 g/mol. The van der Waals surface area contributed by atoms with Gasteiger partial charge in [0.2, 0.25) is 10.0 Å². The molecule has 1 aliphatic heterocycles. The Labute approximate surface area is 127 Å². The average molecular weight is 328 g/mol. The number of likely N-dealkylation sites (N-methyl/N-ethyl adjacent to an activating group) is 1. The zero-order valence-electron chi connectivity index (χ0n) is 11.5. The molecule has 2 aromatic rings. The molecule has 1 atom stereocenters. The van der Waals surface area contributed by atoms with Crippen LogP contribution >= 0.6 is 11.3 Å². The Morgan fingerprint density at radius 1 is 1.57 bits per heavy atom. The van der Waals surface area contributed by atoms with Crippen molar-refractivity contribution < 1.29 is 18.3 Å². The molecule has 3 rings (SSSR count). The van der Waals surface area contributed by atoms with Gasteiger partial charge in [-0.15, -0.1) is 11.3 Å². The van der Waals surface area contributed by atoms with E-state index in [1.165, 1.54) is 28.9 Å². The second-order valence-electron chi connectivity index (χ2n) is 5.13. The highest BCUT2D eigenvalue weighted by atomic mass is 32.2. The maximum absolute atomic E-state index is 12.8. The molecule has 0 radical (unpaired) electrons. The van der Waals surface area contributed by atoms with Gasteiger partial charge in [-0.1, -0.05) is 0 Å². The number of aliphatic hydroxyl groups is 1. The zero-order valence-corrected chi connectivity index (χ0v) is 13.2. The van der Waals surface area contributed by atoms with Gasteiger partial charge >= 0.3 is 0 Å². The standard InChI is InChI=1S/C13H16N2O4S2/c1-15(13(8-16)3-4-19-9-13)21(17,18)10-6-12-11(14-7-10)2-5-20-12/h2,5-7,16H,3-4,8-9H2,1H3/t13-/m1/s1. The van der Waals surface area contributed by atoms with E-state index in [2.05, 4.69) is 4.98 Å². The van der Waals surface area contributed by atoms with E-state index in [9.17, 15) is 13.5 Å². The zero-order chi connectivity index (χ0) is 15.1. The molecule has 0 unspecified atom stereocenters. The van der Waals surface area contributed by atoms with Crippen LogP contribution in [0.3, 0.4) is 0 Å². The van der Waals surface area contributed by atoms with Crippen LogP contribution in [0.1, 0.15) is 6.42 Å². The molecule has 1 fully saturated rings. The van der Waals surface area contributed by atoms with Gasteiger partial charge in [-0.05, 0) is 23.9 Å². The highest BCUT2D eigenvalue weighted by Crippen LogP contribution is 2.31. The number of aromatic nitrogens is 1. The number of aliphatic hydroxyl groups excluding tert-OH is 1. The number of nitrogens with zero attached hydrogens (tertiary/aromatic N) is 2. The van der Waals surface area contributed by atoms with Gasteiger partial charge in [-0.3, -0.25) is 4.98 Å². The molecule has 0 aliphatic carbocycles. The van der Waals surface area contributed by atoms with E-state index in [4.69, 9.17) is 4.74 Å². The number of pyridine rings is 1. The molecule has 0 aromatic carbocycles. The lowest BCUT2D eigenvalue weighted by Gasteiger charge is -2.34. The van der Waals surface area contributed by atoms with E-state index in [1.54, 1.807) is 6.07 Å². The molecule has 6 nitrogen and oxygen atoms in total. The third kappa shape index (κ3) is 2.36. The fourth-order valence-electron chi connectivity index (χ4n) is 2.45. The Hall–Kier alpha value is -1.06. The summed E-state index contributed by atoms with van der Waals surface area (Å²) < 4.78 is 32.9. The quantitative estimate of drug-likeness (QED) is 0.908. The molecular formula is C13H16N2O4S2. The lowest BCUT2D eigenvalue weighted by atomic mass is 10.0. The molecule has 8 heteroatoms. The fourth-order valence-corrected chi connectivity index (χ4v) is 4.79. The number of sulfonamides is 1. The van der Waals surface area contributed by atoms with Crippen LogP contribution in [0.15, 0.2) is 28.6 Å². The van der Waals surface area contributed by atoms with Gasteiger partial charge in [0.1, 0.15) is 4.90 Å².